The molecule has 150 valence electrons. The standard InChI is InChI=1S/C21H35N5O/c1-6-22-21(24-15-16(2)26(5)19-10-11-19)23-13-12-17-8-7-9-18(14-17)20(27)25(3)4/h7-9,14,16,19H,6,10-13,15H2,1-5H3,(H2,22,23,24). The molecule has 1 aliphatic rings. The topological polar surface area (TPSA) is 60.0 Å². The first-order chi connectivity index (χ1) is 12.9. The highest BCUT2D eigenvalue weighted by atomic mass is 16.2. The Balaban J connectivity index is 1.85. The highest BCUT2D eigenvalue weighted by molar-refractivity contribution is 5.94. The zero-order valence-electron chi connectivity index (χ0n) is 17.5. The summed E-state index contributed by atoms with van der Waals surface area (Å²) in [6.45, 7) is 6.71. The van der Waals surface area contributed by atoms with Gasteiger partial charge in [0.15, 0.2) is 5.96 Å². The quantitative estimate of drug-likeness (QED) is 0.513. The maximum absolute atomic E-state index is 12.1. The summed E-state index contributed by atoms with van der Waals surface area (Å²) in [5, 5.41) is 6.72. The molecule has 27 heavy (non-hydrogen) atoms. The van der Waals surface area contributed by atoms with Gasteiger partial charge in [-0.2, -0.15) is 0 Å². The number of amides is 1. The Morgan fingerprint density at radius 1 is 1.26 bits per heavy atom. The van der Waals surface area contributed by atoms with Gasteiger partial charge in [-0.25, -0.2) is 0 Å². The summed E-state index contributed by atoms with van der Waals surface area (Å²) in [5.74, 6) is 0.891. The Morgan fingerprint density at radius 2 is 2.00 bits per heavy atom. The van der Waals surface area contributed by atoms with Crippen LogP contribution in [0.5, 0.6) is 0 Å². The second kappa shape index (κ2) is 10.3. The van der Waals surface area contributed by atoms with E-state index in [1.165, 1.54) is 12.8 Å². The Labute approximate surface area is 164 Å². The van der Waals surface area contributed by atoms with Crippen LogP contribution in [0.4, 0.5) is 0 Å². The largest absolute Gasteiger partial charge is 0.357 e. The van der Waals surface area contributed by atoms with E-state index in [0.29, 0.717) is 6.04 Å². The monoisotopic (exact) mass is 373 g/mol. The predicted molar refractivity (Wildman–Crippen MR) is 112 cm³/mol. The Hall–Kier alpha value is -2.08. The highest BCUT2D eigenvalue weighted by Crippen LogP contribution is 2.26. The van der Waals surface area contributed by atoms with Crippen LogP contribution in [0, 0.1) is 0 Å². The minimum Gasteiger partial charge on any atom is -0.357 e. The zero-order chi connectivity index (χ0) is 19.8. The van der Waals surface area contributed by atoms with Crippen LogP contribution in [-0.2, 0) is 6.42 Å². The third-order valence-corrected chi connectivity index (χ3v) is 4.96. The van der Waals surface area contributed by atoms with Crippen LogP contribution in [0.1, 0.15) is 42.6 Å². The van der Waals surface area contributed by atoms with Crippen LogP contribution in [0.15, 0.2) is 29.3 Å². The van der Waals surface area contributed by atoms with Crippen molar-refractivity contribution in [2.45, 2.75) is 45.2 Å². The van der Waals surface area contributed by atoms with E-state index in [1.807, 2.05) is 18.2 Å². The molecule has 6 heteroatoms. The van der Waals surface area contributed by atoms with Gasteiger partial charge in [0.25, 0.3) is 5.91 Å². The maximum Gasteiger partial charge on any atom is 0.253 e. The van der Waals surface area contributed by atoms with Gasteiger partial charge in [0.05, 0.1) is 6.54 Å². The van der Waals surface area contributed by atoms with Gasteiger partial charge < -0.3 is 15.5 Å². The number of hydrogen-bond acceptors (Lipinski definition) is 3. The number of carbonyl (C=O) groups excluding carboxylic acids is 1. The molecule has 0 spiro atoms. The molecule has 2 rings (SSSR count). The number of likely N-dealkylation sites (N-methyl/N-ethyl adjacent to an activating group) is 1. The van der Waals surface area contributed by atoms with Crippen molar-refractivity contribution in [3.8, 4) is 0 Å². The maximum atomic E-state index is 12.1. The molecule has 1 aromatic carbocycles. The fourth-order valence-electron chi connectivity index (χ4n) is 2.98. The molecule has 2 N–H and O–H groups in total. The van der Waals surface area contributed by atoms with Crippen molar-refractivity contribution >= 4 is 11.9 Å². The summed E-state index contributed by atoms with van der Waals surface area (Å²) in [6, 6.07) is 9.04. The van der Waals surface area contributed by atoms with E-state index in [2.05, 4.69) is 42.5 Å². The van der Waals surface area contributed by atoms with Crippen LogP contribution in [0.2, 0.25) is 0 Å². The number of rotatable bonds is 9. The SMILES string of the molecule is CCNC(=NCC(C)N(C)C1CC1)NCCc1cccc(C(=O)N(C)C)c1. The highest BCUT2D eigenvalue weighted by Gasteiger charge is 2.28. The number of nitrogens with zero attached hydrogens (tertiary/aromatic N) is 3. The second-order valence-electron chi connectivity index (χ2n) is 7.54. The van der Waals surface area contributed by atoms with Crippen molar-refractivity contribution in [2.75, 3.05) is 40.8 Å². The van der Waals surface area contributed by atoms with Crippen molar-refractivity contribution in [3.63, 3.8) is 0 Å². The molecular formula is C21H35N5O. The Bertz CT molecular complexity index is 639. The summed E-state index contributed by atoms with van der Waals surface area (Å²) in [7, 11) is 5.74. The number of hydrogen-bond donors (Lipinski definition) is 2. The number of nitrogens with one attached hydrogen (secondary N) is 2. The molecule has 1 saturated carbocycles. The first-order valence-corrected chi connectivity index (χ1v) is 9.97. The van der Waals surface area contributed by atoms with Gasteiger partial charge in [-0.15, -0.1) is 0 Å². The molecular weight excluding hydrogens is 338 g/mol. The Kier molecular flexibility index (Phi) is 8.10. The van der Waals surface area contributed by atoms with Crippen molar-refractivity contribution in [1.82, 2.24) is 20.4 Å². The van der Waals surface area contributed by atoms with Gasteiger partial charge in [-0.1, -0.05) is 12.1 Å². The van der Waals surface area contributed by atoms with Crippen LogP contribution >= 0.6 is 0 Å². The van der Waals surface area contributed by atoms with Crippen LogP contribution in [0.25, 0.3) is 0 Å². The van der Waals surface area contributed by atoms with Gasteiger partial charge in [0.2, 0.25) is 0 Å². The van der Waals surface area contributed by atoms with Crippen LogP contribution < -0.4 is 10.6 Å². The molecule has 1 aliphatic carbocycles. The van der Waals surface area contributed by atoms with Crippen molar-refractivity contribution in [2.24, 2.45) is 4.99 Å². The molecule has 1 fully saturated rings. The molecule has 0 aromatic heterocycles. The van der Waals surface area contributed by atoms with Gasteiger partial charge in [-0.3, -0.25) is 14.7 Å². The second-order valence-corrected chi connectivity index (χ2v) is 7.54. The molecule has 0 aliphatic heterocycles. The fourth-order valence-corrected chi connectivity index (χ4v) is 2.98. The average Bonchev–Trinajstić information content (AvgIpc) is 3.50. The molecule has 0 saturated heterocycles. The lowest BCUT2D eigenvalue weighted by Crippen LogP contribution is -2.40. The third kappa shape index (κ3) is 6.86. The molecule has 1 aromatic rings. The molecule has 1 amide bonds. The van der Waals surface area contributed by atoms with Gasteiger partial charge in [-0.05, 0) is 57.9 Å². The molecule has 6 nitrogen and oxygen atoms in total. The van der Waals surface area contributed by atoms with Crippen LogP contribution in [0.3, 0.4) is 0 Å². The average molecular weight is 374 g/mol. The summed E-state index contributed by atoms with van der Waals surface area (Å²) >= 11 is 0. The number of aliphatic imine (C=N–C) groups is 1. The minimum absolute atomic E-state index is 0.0356. The van der Waals surface area contributed by atoms with E-state index in [-0.39, 0.29) is 5.91 Å². The molecule has 0 radical (unpaired) electrons. The zero-order valence-corrected chi connectivity index (χ0v) is 17.5. The van der Waals surface area contributed by atoms with Crippen molar-refractivity contribution in [1.29, 1.82) is 0 Å². The number of carbonyl (C=O) groups is 1. The molecule has 1 unspecified atom stereocenters. The van der Waals surface area contributed by atoms with Gasteiger partial charge >= 0.3 is 0 Å². The van der Waals surface area contributed by atoms with Gasteiger partial charge in [0.1, 0.15) is 0 Å². The molecule has 1 atom stereocenters. The summed E-state index contributed by atoms with van der Waals surface area (Å²) in [6.07, 6.45) is 3.48. The van der Waals surface area contributed by atoms with E-state index in [9.17, 15) is 4.79 Å². The lowest BCUT2D eigenvalue weighted by Gasteiger charge is -2.23. The lowest BCUT2D eigenvalue weighted by molar-refractivity contribution is 0.0827. The van der Waals surface area contributed by atoms with Crippen molar-refractivity contribution in [3.05, 3.63) is 35.4 Å². The van der Waals surface area contributed by atoms with Gasteiger partial charge in [0, 0.05) is 44.8 Å². The van der Waals surface area contributed by atoms with E-state index < -0.39 is 0 Å². The van der Waals surface area contributed by atoms with Crippen molar-refractivity contribution < 1.29 is 4.79 Å². The summed E-state index contributed by atoms with van der Waals surface area (Å²) in [5.41, 5.74) is 1.88. The minimum atomic E-state index is 0.0356. The summed E-state index contributed by atoms with van der Waals surface area (Å²) < 4.78 is 0. The number of benzene rings is 1. The predicted octanol–water partition coefficient (Wildman–Crippen LogP) is 1.97. The molecule has 0 heterocycles. The molecule has 0 bridgehead atoms. The summed E-state index contributed by atoms with van der Waals surface area (Å²) in [4.78, 5) is 20.9. The Morgan fingerprint density at radius 3 is 2.63 bits per heavy atom. The first kappa shape index (κ1) is 21.2. The fraction of sp³-hybridized carbons (Fsp3) is 0.619. The number of guanidine groups is 1. The third-order valence-electron chi connectivity index (χ3n) is 4.96. The van der Waals surface area contributed by atoms with Crippen LogP contribution in [-0.4, -0.2) is 74.5 Å². The van der Waals surface area contributed by atoms with E-state index in [0.717, 1.165) is 49.2 Å². The normalized spacial score (nSPS) is 15.6. The van der Waals surface area contributed by atoms with E-state index in [1.54, 1.807) is 19.0 Å². The first-order valence-electron chi connectivity index (χ1n) is 9.97. The lowest BCUT2D eigenvalue weighted by atomic mass is 10.1. The van der Waals surface area contributed by atoms with E-state index in [4.69, 9.17) is 4.99 Å². The smallest absolute Gasteiger partial charge is 0.253 e. The van der Waals surface area contributed by atoms with E-state index >= 15 is 0 Å².